The van der Waals surface area contributed by atoms with Crippen LogP contribution in [0.5, 0.6) is 5.75 Å². The quantitative estimate of drug-likeness (QED) is 0.182. The molecule has 4 heterocycles. The van der Waals surface area contributed by atoms with E-state index in [1.807, 2.05) is 32.0 Å². The summed E-state index contributed by atoms with van der Waals surface area (Å²) in [5, 5.41) is 13.6. The predicted molar refractivity (Wildman–Crippen MR) is 175 cm³/mol. The lowest BCUT2D eigenvalue weighted by Gasteiger charge is -2.31. The molecule has 3 aromatic heterocycles. The van der Waals surface area contributed by atoms with E-state index < -0.39 is 0 Å². The van der Waals surface area contributed by atoms with Gasteiger partial charge in [0.05, 0.1) is 44.4 Å². The molecule has 1 saturated heterocycles. The van der Waals surface area contributed by atoms with Crippen LogP contribution in [-0.4, -0.2) is 45.0 Å². The van der Waals surface area contributed by atoms with E-state index in [4.69, 9.17) is 33.9 Å². The smallest absolute Gasteiger partial charge is 0.169 e. The molecule has 0 unspecified atom stereocenters. The van der Waals surface area contributed by atoms with Gasteiger partial charge in [0.25, 0.3) is 0 Å². The summed E-state index contributed by atoms with van der Waals surface area (Å²) in [5.74, 6) is 0.382. The van der Waals surface area contributed by atoms with Crippen LogP contribution in [0, 0.1) is 5.92 Å². The molecule has 8 nitrogen and oxygen atoms in total. The highest BCUT2D eigenvalue weighted by atomic mass is 35.5. The first-order chi connectivity index (χ1) is 18.2. The Morgan fingerprint density at radius 3 is 2.39 bits per heavy atom. The minimum absolute atomic E-state index is 0. The van der Waals surface area contributed by atoms with E-state index in [1.54, 1.807) is 30.6 Å². The van der Waals surface area contributed by atoms with Crippen LogP contribution < -0.4 is 16.0 Å². The number of phenolic OH excluding ortho intramolecular Hbond substituents is 1. The van der Waals surface area contributed by atoms with E-state index in [9.17, 15) is 9.90 Å². The molecule has 5 rings (SSSR count). The standard InChI is InChI=1S/C28H28Cl2N6O2.3ClH/c1-15(2)27(37)19-13-32-23-7-6-22(16-10-20(29)28(38)21(30)11-16)35-26(23)25(19)34-18-5-8-24(33-12-18)36-9-3-4-17(31)14-36;;;/h5-8,10-13,15,17,38H,3-4,9,14,31H2,1-2H3,(H,32,34);3*1H/t17-;;;/m1.../s1. The zero-order chi connectivity index (χ0) is 27.0. The van der Waals surface area contributed by atoms with Crippen LogP contribution in [0.4, 0.5) is 17.2 Å². The Bertz CT molecular complexity index is 1500. The number of anilines is 3. The van der Waals surface area contributed by atoms with Crippen LogP contribution in [0.15, 0.2) is 48.8 Å². The number of ketones is 1. The van der Waals surface area contributed by atoms with Crippen molar-refractivity contribution in [3.63, 3.8) is 0 Å². The van der Waals surface area contributed by atoms with Crippen LogP contribution in [0.2, 0.25) is 10.0 Å². The van der Waals surface area contributed by atoms with Crippen molar-refractivity contribution in [2.24, 2.45) is 11.7 Å². The highest BCUT2D eigenvalue weighted by Crippen LogP contribution is 2.37. The normalized spacial score (nSPS) is 14.6. The summed E-state index contributed by atoms with van der Waals surface area (Å²) < 4.78 is 0. The first-order valence-corrected chi connectivity index (χ1v) is 13.2. The van der Waals surface area contributed by atoms with Gasteiger partial charge in [-0.15, -0.1) is 37.2 Å². The number of phenols is 1. The fraction of sp³-hybridized carbons (Fsp3) is 0.286. The van der Waals surface area contributed by atoms with Gasteiger partial charge < -0.3 is 21.1 Å². The van der Waals surface area contributed by atoms with Gasteiger partial charge in [-0.1, -0.05) is 37.0 Å². The monoisotopic (exact) mass is 658 g/mol. The maximum absolute atomic E-state index is 13.2. The van der Waals surface area contributed by atoms with Gasteiger partial charge in [0.15, 0.2) is 11.5 Å². The number of aromatic hydroxyl groups is 1. The van der Waals surface area contributed by atoms with Crippen molar-refractivity contribution in [3.8, 4) is 17.0 Å². The highest BCUT2D eigenvalue weighted by Gasteiger charge is 2.21. The van der Waals surface area contributed by atoms with E-state index in [0.29, 0.717) is 39.2 Å². The molecule has 41 heavy (non-hydrogen) atoms. The largest absolute Gasteiger partial charge is 0.505 e. The summed E-state index contributed by atoms with van der Waals surface area (Å²) >= 11 is 12.3. The second-order valence-corrected chi connectivity index (χ2v) is 10.6. The molecule has 4 aromatic rings. The zero-order valence-corrected chi connectivity index (χ0v) is 26.3. The number of Topliss-reactive ketones (excluding diaryl/α,β-unsaturated/α-hetero) is 1. The third kappa shape index (κ3) is 7.44. The molecule has 1 aromatic carbocycles. The van der Waals surface area contributed by atoms with Crippen molar-refractivity contribution in [2.75, 3.05) is 23.3 Å². The number of piperidine rings is 1. The molecule has 0 radical (unpaired) electrons. The summed E-state index contributed by atoms with van der Waals surface area (Å²) in [6.07, 6.45) is 5.39. The number of pyridine rings is 3. The van der Waals surface area contributed by atoms with Gasteiger partial charge >= 0.3 is 0 Å². The first kappa shape index (κ1) is 34.6. The average molecular weight is 661 g/mol. The molecule has 4 N–H and O–H groups in total. The van der Waals surface area contributed by atoms with Gasteiger partial charge in [-0.25, -0.2) is 9.97 Å². The van der Waals surface area contributed by atoms with Gasteiger partial charge in [0, 0.05) is 36.8 Å². The van der Waals surface area contributed by atoms with Gasteiger partial charge in [0.2, 0.25) is 0 Å². The van der Waals surface area contributed by atoms with Gasteiger partial charge in [-0.05, 0) is 49.2 Å². The lowest BCUT2D eigenvalue weighted by Crippen LogP contribution is -2.43. The molecule has 220 valence electrons. The van der Waals surface area contributed by atoms with Gasteiger partial charge in [0.1, 0.15) is 11.3 Å². The van der Waals surface area contributed by atoms with Crippen LogP contribution in [0.1, 0.15) is 37.0 Å². The number of aromatic nitrogens is 3. The number of nitrogens with zero attached hydrogens (tertiary/aromatic N) is 4. The number of hydrogen-bond donors (Lipinski definition) is 3. The van der Waals surface area contributed by atoms with E-state index in [0.717, 1.165) is 31.7 Å². The maximum Gasteiger partial charge on any atom is 0.169 e. The van der Waals surface area contributed by atoms with E-state index in [1.165, 1.54) is 0 Å². The number of carbonyl (C=O) groups excluding carboxylic acids is 1. The number of hydrogen-bond acceptors (Lipinski definition) is 8. The summed E-state index contributed by atoms with van der Waals surface area (Å²) in [4.78, 5) is 29.3. The molecule has 1 fully saturated rings. The van der Waals surface area contributed by atoms with Crippen LogP contribution >= 0.6 is 60.4 Å². The molecule has 0 amide bonds. The number of nitrogens with one attached hydrogen (secondary N) is 1. The average Bonchev–Trinajstić information content (AvgIpc) is 2.91. The second-order valence-electron chi connectivity index (χ2n) is 9.80. The topological polar surface area (TPSA) is 117 Å². The maximum atomic E-state index is 13.2. The molecule has 1 atom stereocenters. The van der Waals surface area contributed by atoms with Crippen LogP contribution in [0.3, 0.4) is 0 Å². The Morgan fingerprint density at radius 1 is 1.07 bits per heavy atom. The van der Waals surface area contributed by atoms with Crippen molar-refractivity contribution in [2.45, 2.75) is 32.7 Å². The van der Waals surface area contributed by atoms with Gasteiger partial charge in [-0.3, -0.25) is 9.78 Å². The third-order valence-electron chi connectivity index (χ3n) is 6.61. The lowest BCUT2D eigenvalue weighted by molar-refractivity contribution is 0.0940. The summed E-state index contributed by atoms with van der Waals surface area (Å²) in [5.41, 5.74) is 10.1. The molecule has 0 saturated carbocycles. The number of nitrogens with two attached hydrogens (primary N) is 1. The van der Waals surface area contributed by atoms with Crippen LogP contribution in [-0.2, 0) is 0 Å². The lowest BCUT2D eigenvalue weighted by atomic mass is 10.00. The van der Waals surface area contributed by atoms with Crippen molar-refractivity contribution < 1.29 is 9.90 Å². The zero-order valence-electron chi connectivity index (χ0n) is 22.3. The third-order valence-corrected chi connectivity index (χ3v) is 7.19. The molecule has 1 aliphatic heterocycles. The minimum atomic E-state index is -0.239. The minimum Gasteiger partial charge on any atom is -0.505 e. The molecule has 1 aliphatic rings. The Kier molecular flexibility index (Phi) is 12.3. The highest BCUT2D eigenvalue weighted by molar-refractivity contribution is 6.37. The predicted octanol–water partition coefficient (Wildman–Crippen LogP) is 7.48. The Labute approximate surface area is 267 Å². The van der Waals surface area contributed by atoms with E-state index in [2.05, 4.69) is 20.2 Å². The number of carbonyl (C=O) groups is 1. The number of halogens is 5. The molecule has 0 bridgehead atoms. The van der Waals surface area contributed by atoms with Crippen molar-refractivity contribution in [1.82, 2.24) is 15.0 Å². The summed E-state index contributed by atoms with van der Waals surface area (Å²) in [6.45, 7) is 5.40. The van der Waals surface area contributed by atoms with E-state index in [-0.39, 0.29) is 70.8 Å². The SMILES string of the molecule is CC(C)C(=O)c1cnc2ccc(-c3cc(Cl)c(O)c(Cl)c3)nc2c1Nc1ccc(N2CCC[C@@H](N)C2)nc1.Cl.Cl.Cl. The van der Waals surface area contributed by atoms with Crippen molar-refractivity contribution >= 4 is 94.4 Å². The fourth-order valence-corrected chi connectivity index (χ4v) is 5.06. The molecule has 13 heteroatoms. The Morgan fingerprint density at radius 2 is 1.78 bits per heavy atom. The van der Waals surface area contributed by atoms with Crippen LogP contribution in [0.25, 0.3) is 22.3 Å². The Balaban J connectivity index is 0.00000196. The summed E-state index contributed by atoms with van der Waals surface area (Å²) in [6, 6.07) is 10.8. The van der Waals surface area contributed by atoms with E-state index >= 15 is 0 Å². The Hall–Kier alpha value is -2.59. The van der Waals surface area contributed by atoms with Gasteiger partial charge in [-0.2, -0.15) is 0 Å². The van der Waals surface area contributed by atoms with Crippen molar-refractivity contribution in [3.05, 3.63) is 64.4 Å². The number of benzene rings is 1. The number of fused-ring (bicyclic) bond motifs is 1. The van der Waals surface area contributed by atoms with Crippen molar-refractivity contribution in [1.29, 1.82) is 0 Å². The first-order valence-electron chi connectivity index (χ1n) is 12.5. The number of rotatable bonds is 6. The molecule has 0 spiro atoms. The summed E-state index contributed by atoms with van der Waals surface area (Å²) in [7, 11) is 0. The molecular formula is C28H31Cl5N6O2. The molecular weight excluding hydrogens is 630 g/mol. The second kappa shape index (κ2) is 14.5. The molecule has 0 aliphatic carbocycles. The fourth-order valence-electron chi connectivity index (χ4n) is 4.57.